The van der Waals surface area contributed by atoms with Gasteiger partial charge in [0.05, 0.1) is 11.2 Å². The van der Waals surface area contributed by atoms with E-state index in [1.807, 2.05) is 0 Å². The third-order valence-corrected chi connectivity index (χ3v) is 5.33. The maximum Gasteiger partial charge on any atom is 0.408 e. The molecule has 27 heavy (non-hydrogen) atoms. The lowest BCUT2D eigenvalue weighted by Gasteiger charge is -2.28. The summed E-state index contributed by atoms with van der Waals surface area (Å²) in [6.07, 6.45) is 0.00450. The second kappa shape index (κ2) is 7.91. The van der Waals surface area contributed by atoms with Crippen molar-refractivity contribution in [3.8, 4) is 0 Å². The Balaban J connectivity index is 1.76. The van der Waals surface area contributed by atoms with Crippen molar-refractivity contribution in [1.29, 1.82) is 0 Å². The molecule has 1 aromatic rings. The Labute approximate surface area is 159 Å². The minimum Gasteiger partial charge on any atom is -0.444 e. The van der Waals surface area contributed by atoms with Crippen LogP contribution in [0.1, 0.15) is 25.5 Å². The molecule has 2 fully saturated rings. The maximum atomic E-state index is 13.0. The van der Waals surface area contributed by atoms with Crippen molar-refractivity contribution in [1.82, 2.24) is 20.5 Å². The van der Waals surface area contributed by atoms with Crippen molar-refractivity contribution in [2.24, 2.45) is 5.73 Å². The summed E-state index contributed by atoms with van der Waals surface area (Å²) in [4.78, 5) is 54.2. The summed E-state index contributed by atoms with van der Waals surface area (Å²) in [7, 11) is 0. The molecule has 0 saturated carbocycles. The number of thiazole rings is 1. The van der Waals surface area contributed by atoms with E-state index in [1.165, 1.54) is 16.2 Å². The van der Waals surface area contributed by atoms with Gasteiger partial charge in [0.15, 0.2) is 0 Å². The van der Waals surface area contributed by atoms with Gasteiger partial charge in [-0.05, 0) is 19.8 Å². The van der Waals surface area contributed by atoms with Gasteiger partial charge in [-0.25, -0.2) is 9.78 Å². The Hall–Kier alpha value is -2.69. The molecule has 0 spiro atoms. The summed E-state index contributed by atoms with van der Waals surface area (Å²) >= 11 is 1.38. The number of rotatable bonds is 6. The van der Waals surface area contributed by atoms with Gasteiger partial charge in [0.25, 0.3) is 0 Å². The van der Waals surface area contributed by atoms with Crippen LogP contribution in [0, 0.1) is 0 Å². The maximum absolute atomic E-state index is 13.0. The lowest BCUT2D eigenvalue weighted by molar-refractivity contribution is -0.140. The number of aromatic nitrogens is 1. The van der Waals surface area contributed by atoms with Crippen LogP contribution in [0.5, 0.6) is 0 Å². The van der Waals surface area contributed by atoms with Crippen LogP contribution in [0.4, 0.5) is 4.79 Å². The fraction of sp³-hybridized carbons (Fsp3) is 0.562. The molecule has 0 radical (unpaired) electrons. The first kappa shape index (κ1) is 19.1. The number of nitrogens with two attached hydrogens (primary N) is 1. The van der Waals surface area contributed by atoms with Gasteiger partial charge in [-0.1, -0.05) is 0 Å². The van der Waals surface area contributed by atoms with Crippen LogP contribution < -0.4 is 16.4 Å². The van der Waals surface area contributed by atoms with Crippen LogP contribution in [-0.4, -0.2) is 64.5 Å². The van der Waals surface area contributed by atoms with Crippen molar-refractivity contribution in [3.05, 3.63) is 16.6 Å². The molecule has 3 heterocycles. The third kappa shape index (κ3) is 4.18. The zero-order valence-corrected chi connectivity index (χ0v) is 15.5. The number of alkyl carbamates (subject to hydrolysis) is 1. The predicted molar refractivity (Wildman–Crippen MR) is 94.5 cm³/mol. The Morgan fingerprint density at radius 1 is 1.52 bits per heavy atom. The molecule has 10 nitrogen and oxygen atoms in total. The Morgan fingerprint density at radius 2 is 2.30 bits per heavy atom. The number of primary amides is 1. The van der Waals surface area contributed by atoms with Gasteiger partial charge in [0, 0.05) is 18.3 Å². The highest BCUT2D eigenvalue weighted by Crippen LogP contribution is 2.19. The van der Waals surface area contributed by atoms with Gasteiger partial charge >= 0.3 is 6.09 Å². The van der Waals surface area contributed by atoms with Crippen molar-refractivity contribution < 1.29 is 23.9 Å². The first-order chi connectivity index (χ1) is 12.9. The molecule has 4 amide bonds. The van der Waals surface area contributed by atoms with Gasteiger partial charge in [-0.3, -0.25) is 14.4 Å². The number of nitrogens with one attached hydrogen (secondary N) is 2. The highest BCUT2D eigenvalue weighted by atomic mass is 32.1. The fourth-order valence-electron chi connectivity index (χ4n) is 3.33. The largest absolute Gasteiger partial charge is 0.444 e. The highest BCUT2D eigenvalue weighted by Gasteiger charge is 2.40. The zero-order chi connectivity index (χ0) is 19.6. The zero-order valence-electron chi connectivity index (χ0n) is 14.7. The lowest BCUT2D eigenvalue weighted by Crippen LogP contribution is -2.57. The van der Waals surface area contributed by atoms with Crippen LogP contribution in [0.2, 0.25) is 0 Å². The molecule has 2 aliphatic rings. The topological polar surface area (TPSA) is 144 Å². The number of cyclic esters (lactones) is 1. The summed E-state index contributed by atoms with van der Waals surface area (Å²) in [5.74, 6) is -1.49. The monoisotopic (exact) mass is 395 g/mol. The summed E-state index contributed by atoms with van der Waals surface area (Å²) < 4.78 is 4.91. The average molecular weight is 395 g/mol. The molecule has 0 aromatic carbocycles. The van der Waals surface area contributed by atoms with E-state index < -0.39 is 48.0 Å². The smallest absolute Gasteiger partial charge is 0.408 e. The van der Waals surface area contributed by atoms with E-state index >= 15 is 0 Å². The minimum atomic E-state index is -0.927. The summed E-state index contributed by atoms with van der Waals surface area (Å²) in [5.41, 5.74) is 7.68. The van der Waals surface area contributed by atoms with Crippen LogP contribution in [0.15, 0.2) is 10.9 Å². The molecule has 4 unspecified atom stereocenters. The van der Waals surface area contributed by atoms with Crippen molar-refractivity contribution in [2.45, 2.75) is 50.4 Å². The predicted octanol–water partition coefficient (Wildman–Crippen LogP) is -0.856. The quantitative estimate of drug-likeness (QED) is 0.572. The number of hydrogen-bond donors (Lipinski definition) is 3. The molecule has 4 N–H and O–H groups in total. The van der Waals surface area contributed by atoms with Gasteiger partial charge < -0.3 is 26.0 Å². The average Bonchev–Trinajstić information content (AvgIpc) is 3.34. The number of carbonyl (C=O) groups excluding carboxylic acids is 4. The number of amides is 4. The molecule has 4 atom stereocenters. The lowest BCUT2D eigenvalue weighted by atomic mass is 10.1. The van der Waals surface area contributed by atoms with Gasteiger partial charge in [0.1, 0.15) is 24.2 Å². The summed E-state index contributed by atoms with van der Waals surface area (Å²) in [6, 6.07) is -2.50. The molecular weight excluding hydrogens is 374 g/mol. The van der Waals surface area contributed by atoms with Gasteiger partial charge in [0.2, 0.25) is 17.7 Å². The summed E-state index contributed by atoms with van der Waals surface area (Å²) in [5, 5.41) is 6.87. The Morgan fingerprint density at radius 3 is 2.89 bits per heavy atom. The van der Waals surface area contributed by atoms with Gasteiger partial charge in [-0.2, -0.15) is 0 Å². The van der Waals surface area contributed by atoms with E-state index in [4.69, 9.17) is 10.5 Å². The van der Waals surface area contributed by atoms with E-state index in [1.54, 1.807) is 17.8 Å². The first-order valence-corrected chi connectivity index (χ1v) is 9.55. The SMILES string of the molecule is CC1OC(=O)NC1C(=O)NC(Cc1cscn1)C(=O)N1CCCC1C(N)=O. The number of ether oxygens (including phenoxy) is 1. The molecule has 1 aromatic heterocycles. The molecule has 11 heteroatoms. The molecule has 0 bridgehead atoms. The van der Waals surface area contributed by atoms with Crippen molar-refractivity contribution in [3.63, 3.8) is 0 Å². The number of hydrogen-bond acceptors (Lipinski definition) is 7. The highest BCUT2D eigenvalue weighted by molar-refractivity contribution is 7.07. The molecule has 146 valence electrons. The minimum absolute atomic E-state index is 0.173. The number of likely N-dealkylation sites (tertiary alicyclic amines) is 1. The van der Waals surface area contributed by atoms with E-state index in [-0.39, 0.29) is 6.42 Å². The number of carbonyl (C=O) groups is 4. The van der Waals surface area contributed by atoms with Crippen LogP contribution in [0.3, 0.4) is 0 Å². The van der Waals surface area contributed by atoms with E-state index in [2.05, 4.69) is 15.6 Å². The summed E-state index contributed by atoms with van der Waals surface area (Å²) in [6.45, 7) is 1.98. The fourth-order valence-corrected chi connectivity index (χ4v) is 3.90. The van der Waals surface area contributed by atoms with Crippen LogP contribution in [0.25, 0.3) is 0 Å². The molecule has 2 saturated heterocycles. The molecule has 2 aliphatic heterocycles. The van der Waals surface area contributed by atoms with Crippen LogP contribution >= 0.6 is 11.3 Å². The normalized spacial score (nSPS) is 25.6. The van der Waals surface area contributed by atoms with E-state index in [9.17, 15) is 19.2 Å². The number of nitrogens with zero attached hydrogens (tertiary/aromatic N) is 2. The van der Waals surface area contributed by atoms with E-state index in [0.29, 0.717) is 25.1 Å². The van der Waals surface area contributed by atoms with Crippen LogP contribution in [-0.2, 0) is 25.5 Å². The second-order valence-electron chi connectivity index (χ2n) is 6.57. The first-order valence-electron chi connectivity index (χ1n) is 8.61. The Kier molecular flexibility index (Phi) is 5.59. The van der Waals surface area contributed by atoms with Gasteiger partial charge in [-0.15, -0.1) is 11.3 Å². The van der Waals surface area contributed by atoms with E-state index in [0.717, 1.165) is 0 Å². The standard InChI is InChI=1S/C16H21N5O5S/c1-8-12(20-16(25)26-8)14(23)19-10(5-9-6-27-7-18-9)15(24)21-4-2-3-11(21)13(17)22/h6-8,10-12H,2-5H2,1H3,(H2,17,22)(H,19,23)(H,20,25). The van der Waals surface area contributed by atoms with Crippen molar-refractivity contribution in [2.75, 3.05) is 6.54 Å². The molecule has 0 aliphatic carbocycles. The molecular formula is C16H21N5O5S. The van der Waals surface area contributed by atoms with Crippen molar-refractivity contribution >= 4 is 35.2 Å². The molecule has 3 rings (SSSR count). The third-order valence-electron chi connectivity index (χ3n) is 4.69. The Bertz CT molecular complexity index is 740. The second-order valence-corrected chi connectivity index (χ2v) is 7.29.